The molecule has 1 atom stereocenters. The highest BCUT2D eigenvalue weighted by atomic mass is 32.2. The number of rotatable bonds is 8. The lowest BCUT2D eigenvalue weighted by molar-refractivity contribution is -0.130. The molecule has 0 fully saturated rings. The molecule has 0 unspecified atom stereocenters. The molecular weight excluding hydrogens is 275 g/mol. The molecule has 1 N–H and O–H groups in total. The maximum atomic E-state index is 11.9. The van der Waals surface area contributed by atoms with Crippen LogP contribution in [0.4, 0.5) is 13.2 Å². The van der Waals surface area contributed by atoms with E-state index in [4.69, 9.17) is 9.47 Å². The standard InChI is InChI=1S/C9H18F3NO4S/c1-8(17-3,7-16-2)6-13-18(14,15)5-4-9(10,11)12/h13H,4-7H2,1-3H3/t8-/m1/s1. The van der Waals surface area contributed by atoms with Crippen molar-refractivity contribution < 1.29 is 31.1 Å². The minimum Gasteiger partial charge on any atom is -0.382 e. The molecule has 0 aromatic heterocycles. The quantitative estimate of drug-likeness (QED) is 0.722. The highest BCUT2D eigenvalue weighted by molar-refractivity contribution is 7.89. The van der Waals surface area contributed by atoms with Crippen LogP contribution in [-0.4, -0.2) is 53.3 Å². The second-order valence-corrected chi connectivity index (χ2v) is 6.02. The van der Waals surface area contributed by atoms with E-state index in [-0.39, 0.29) is 13.2 Å². The van der Waals surface area contributed by atoms with Gasteiger partial charge in [0.1, 0.15) is 5.60 Å². The van der Waals surface area contributed by atoms with Crippen molar-refractivity contribution in [1.82, 2.24) is 4.72 Å². The Labute approximate surface area is 105 Å². The van der Waals surface area contributed by atoms with E-state index in [1.807, 2.05) is 0 Å². The zero-order valence-electron chi connectivity index (χ0n) is 10.5. The van der Waals surface area contributed by atoms with Crippen molar-refractivity contribution in [2.45, 2.75) is 25.1 Å². The van der Waals surface area contributed by atoms with Crippen molar-refractivity contribution in [1.29, 1.82) is 0 Å². The number of hydrogen-bond acceptors (Lipinski definition) is 4. The van der Waals surface area contributed by atoms with Crippen LogP contribution in [0, 0.1) is 0 Å². The van der Waals surface area contributed by atoms with Gasteiger partial charge in [-0.05, 0) is 6.92 Å². The predicted molar refractivity (Wildman–Crippen MR) is 59.8 cm³/mol. The van der Waals surface area contributed by atoms with E-state index in [9.17, 15) is 21.6 Å². The number of ether oxygens (including phenoxy) is 2. The highest BCUT2D eigenvalue weighted by Crippen LogP contribution is 2.20. The monoisotopic (exact) mass is 293 g/mol. The molecule has 0 bridgehead atoms. The number of nitrogens with one attached hydrogen (secondary N) is 1. The summed E-state index contributed by atoms with van der Waals surface area (Å²) in [6.07, 6.45) is -5.87. The normalized spacial score (nSPS) is 16.6. The van der Waals surface area contributed by atoms with Gasteiger partial charge in [0.2, 0.25) is 10.0 Å². The van der Waals surface area contributed by atoms with Crippen LogP contribution >= 0.6 is 0 Å². The summed E-state index contributed by atoms with van der Waals surface area (Å²) in [7, 11) is -1.21. The van der Waals surface area contributed by atoms with Gasteiger partial charge in [0, 0.05) is 20.8 Å². The Bertz CT molecular complexity index is 344. The Morgan fingerprint density at radius 1 is 1.22 bits per heavy atom. The molecule has 0 aromatic rings. The number of alkyl halides is 3. The van der Waals surface area contributed by atoms with Gasteiger partial charge in [-0.25, -0.2) is 13.1 Å². The average Bonchev–Trinajstić information content (AvgIpc) is 2.24. The van der Waals surface area contributed by atoms with Crippen molar-refractivity contribution in [2.75, 3.05) is 33.1 Å². The van der Waals surface area contributed by atoms with Crippen LogP contribution in [0.1, 0.15) is 13.3 Å². The summed E-state index contributed by atoms with van der Waals surface area (Å²) in [4.78, 5) is 0. The maximum Gasteiger partial charge on any atom is 0.390 e. The minimum absolute atomic E-state index is 0.116. The van der Waals surface area contributed by atoms with Crippen LogP contribution in [0.5, 0.6) is 0 Å². The first-order valence-electron chi connectivity index (χ1n) is 5.12. The molecule has 0 radical (unpaired) electrons. The number of halogens is 3. The van der Waals surface area contributed by atoms with Crippen LogP contribution in [0.3, 0.4) is 0 Å². The summed E-state index contributed by atoms with van der Waals surface area (Å²) in [6.45, 7) is 1.55. The van der Waals surface area contributed by atoms with Gasteiger partial charge in [0.15, 0.2) is 0 Å². The summed E-state index contributed by atoms with van der Waals surface area (Å²) in [6, 6.07) is 0. The third kappa shape index (κ3) is 7.85. The Kier molecular flexibility index (Phi) is 6.55. The van der Waals surface area contributed by atoms with E-state index in [0.717, 1.165) is 0 Å². The van der Waals surface area contributed by atoms with Gasteiger partial charge in [-0.2, -0.15) is 13.2 Å². The lowest BCUT2D eigenvalue weighted by Gasteiger charge is -2.27. The Balaban J connectivity index is 4.34. The van der Waals surface area contributed by atoms with Crippen molar-refractivity contribution >= 4 is 10.0 Å². The molecule has 110 valence electrons. The van der Waals surface area contributed by atoms with E-state index in [1.54, 1.807) is 6.92 Å². The van der Waals surface area contributed by atoms with Gasteiger partial charge >= 0.3 is 6.18 Å². The molecular formula is C9H18F3NO4S. The van der Waals surface area contributed by atoms with Crippen LogP contribution in [0.25, 0.3) is 0 Å². The highest BCUT2D eigenvalue weighted by Gasteiger charge is 2.31. The van der Waals surface area contributed by atoms with Crippen molar-refractivity contribution in [2.24, 2.45) is 0 Å². The molecule has 0 saturated heterocycles. The summed E-state index contributed by atoms with van der Waals surface area (Å²) in [5.41, 5.74) is -0.917. The summed E-state index contributed by atoms with van der Waals surface area (Å²) < 4.78 is 70.4. The lowest BCUT2D eigenvalue weighted by Crippen LogP contribution is -2.46. The van der Waals surface area contributed by atoms with Gasteiger partial charge in [-0.15, -0.1) is 0 Å². The van der Waals surface area contributed by atoms with Crippen LogP contribution in [0.15, 0.2) is 0 Å². The second-order valence-electron chi connectivity index (χ2n) is 4.09. The Morgan fingerprint density at radius 3 is 2.17 bits per heavy atom. The molecule has 0 aliphatic carbocycles. The third-order valence-electron chi connectivity index (χ3n) is 2.26. The molecule has 5 nitrogen and oxygen atoms in total. The van der Waals surface area contributed by atoms with Gasteiger partial charge < -0.3 is 9.47 Å². The predicted octanol–water partition coefficient (Wildman–Crippen LogP) is 0.910. The molecule has 0 amide bonds. The van der Waals surface area contributed by atoms with Crippen LogP contribution < -0.4 is 4.72 Å². The van der Waals surface area contributed by atoms with Gasteiger partial charge in [-0.1, -0.05) is 0 Å². The van der Waals surface area contributed by atoms with Crippen molar-refractivity contribution in [3.63, 3.8) is 0 Å². The van der Waals surface area contributed by atoms with Gasteiger partial charge in [-0.3, -0.25) is 0 Å². The largest absolute Gasteiger partial charge is 0.390 e. The van der Waals surface area contributed by atoms with Gasteiger partial charge in [0.25, 0.3) is 0 Å². The fourth-order valence-electron chi connectivity index (χ4n) is 1.07. The van der Waals surface area contributed by atoms with Crippen LogP contribution in [-0.2, 0) is 19.5 Å². The van der Waals surface area contributed by atoms with E-state index >= 15 is 0 Å². The molecule has 9 heteroatoms. The van der Waals surface area contributed by atoms with E-state index < -0.39 is 34.0 Å². The number of methoxy groups -OCH3 is 2. The molecule has 0 heterocycles. The molecule has 0 spiro atoms. The SMILES string of the molecule is COC[C@@](C)(CNS(=O)(=O)CCC(F)(F)F)OC. The van der Waals surface area contributed by atoms with Crippen LogP contribution in [0.2, 0.25) is 0 Å². The van der Waals surface area contributed by atoms with Crippen molar-refractivity contribution in [3.8, 4) is 0 Å². The molecule has 18 heavy (non-hydrogen) atoms. The third-order valence-corrected chi connectivity index (χ3v) is 3.59. The number of sulfonamides is 1. The smallest absolute Gasteiger partial charge is 0.382 e. The first kappa shape index (κ1) is 17.6. The number of hydrogen-bond donors (Lipinski definition) is 1. The summed E-state index contributed by atoms with van der Waals surface area (Å²) in [5, 5.41) is 0. The molecule has 0 aromatic carbocycles. The Hall–Kier alpha value is -0.380. The first-order chi connectivity index (χ1) is 8.04. The van der Waals surface area contributed by atoms with E-state index in [0.29, 0.717) is 0 Å². The molecule has 0 aliphatic rings. The molecule has 0 saturated carbocycles. The summed E-state index contributed by atoms with van der Waals surface area (Å²) in [5.74, 6) is -0.997. The van der Waals surface area contributed by atoms with Gasteiger partial charge in [0.05, 0.1) is 18.8 Å². The fraction of sp³-hybridized carbons (Fsp3) is 1.00. The van der Waals surface area contributed by atoms with Crippen molar-refractivity contribution in [3.05, 3.63) is 0 Å². The fourth-order valence-corrected chi connectivity index (χ4v) is 2.24. The minimum atomic E-state index is -4.49. The second kappa shape index (κ2) is 6.69. The zero-order valence-corrected chi connectivity index (χ0v) is 11.3. The Morgan fingerprint density at radius 2 is 1.78 bits per heavy atom. The van der Waals surface area contributed by atoms with E-state index in [2.05, 4.69) is 4.72 Å². The van der Waals surface area contributed by atoms with E-state index in [1.165, 1.54) is 14.2 Å². The average molecular weight is 293 g/mol. The summed E-state index contributed by atoms with van der Waals surface area (Å²) >= 11 is 0. The molecule has 0 aliphatic heterocycles. The zero-order chi connectivity index (χ0) is 14.4. The topological polar surface area (TPSA) is 64.6 Å². The lowest BCUT2D eigenvalue weighted by atomic mass is 10.1. The molecule has 0 rings (SSSR count). The first-order valence-corrected chi connectivity index (χ1v) is 6.77. The maximum absolute atomic E-state index is 11.9.